The zero-order valence-corrected chi connectivity index (χ0v) is 8.45. The number of nitrogens with zero attached hydrogens (tertiary/aromatic N) is 2. The van der Waals surface area contributed by atoms with Gasteiger partial charge in [-0.15, -0.1) is 0 Å². The van der Waals surface area contributed by atoms with E-state index in [-0.39, 0.29) is 0 Å². The van der Waals surface area contributed by atoms with E-state index in [2.05, 4.69) is 15.8 Å². The van der Waals surface area contributed by atoms with Crippen molar-refractivity contribution in [2.24, 2.45) is 11.7 Å². The van der Waals surface area contributed by atoms with Crippen LogP contribution in [0.2, 0.25) is 0 Å². The van der Waals surface area contributed by atoms with Gasteiger partial charge in [-0.25, -0.2) is 0 Å². The molecule has 0 atom stereocenters. The van der Waals surface area contributed by atoms with Gasteiger partial charge >= 0.3 is 0 Å². The van der Waals surface area contributed by atoms with E-state index < -0.39 is 0 Å². The van der Waals surface area contributed by atoms with Gasteiger partial charge in [-0.05, 0) is 37.7 Å². The summed E-state index contributed by atoms with van der Waals surface area (Å²) < 4.78 is 2.19. The van der Waals surface area contributed by atoms with Gasteiger partial charge in [0.05, 0.1) is 0 Å². The monoisotopic (exact) mass is 191 g/mol. The first-order valence-corrected chi connectivity index (χ1v) is 5.56. The molecule has 2 saturated carbocycles. The number of rotatable bonds is 4. The van der Waals surface area contributed by atoms with Crippen molar-refractivity contribution in [3.05, 3.63) is 18.0 Å². The maximum absolute atomic E-state index is 5.83. The average molecular weight is 191 g/mol. The number of nitrogens with two attached hydrogens (primary N) is 1. The standard InChI is InChI=1S/C11H17N3/c12-8-11(4-5-11)10-3-6-13-14(10)7-9-1-2-9/h3,6,9H,1-2,4-5,7-8,12H2. The van der Waals surface area contributed by atoms with Gasteiger partial charge < -0.3 is 5.73 Å². The third-order valence-electron chi connectivity index (χ3n) is 3.63. The van der Waals surface area contributed by atoms with E-state index in [9.17, 15) is 0 Å². The quantitative estimate of drug-likeness (QED) is 0.779. The molecule has 2 N–H and O–H groups in total. The van der Waals surface area contributed by atoms with Crippen molar-refractivity contribution in [2.75, 3.05) is 6.54 Å². The van der Waals surface area contributed by atoms with Crippen LogP contribution in [0.1, 0.15) is 31.4 Å². The topological polar surface area (TPSA) is 43.8 Å². The SMILES string of the molecule is NCC1(c2ccnn2CC2CC2)CC1. The second kappa shape index (κ2) is 2.83. The van der Waals surface area contributed by atoms with Crippen LogP contribution < -0.4 is 5.73 Å². The van der Waals surface area contributed by atoms with Crippen LogP contribution in [0.4, 0.5) is 0 Å². The van der Waals surface area contributed by atoms with E-state index in [1.807, 2.05) is 6.20 Å². The van der Waals surface area contributed by atoms with Crippen molar-refractivity contribution >= 4 is 0 Å². The van der Waals surface area contributed by atoms with Crippen molar-refractivity contribution in [2.45, 2.75) is 37.6 Å². The second-order valence-electron chi connectivity index (χ2n) is 4.83. The predicted molar refractivity (Wildman–Crippen MR) is 54.9 cm³/mol. The molecule has 0 unspecified atom stereocenters. The summed E-state index contributed by atoms with van der Waals surface area (Å²) in [6.07, 6.45) is 7.19. The fourth-order valence-corrected chi connectivity index (χ4v) is 2.19. The number of hydrogen-bond acceptors (Lipinski definition) is 2. The van der Waals surface area contributed by atoms with E-state index in [1.165, 1.54) is 31.4 Å². The van der Waals surface area contributed by atoms with Crippen LogP contribution in [0.25, 0.3) is 0 Å². The van der Waals surface area contributed by atoms with Crippen LogP contribution in [0.5, 0.6) is 0 Å². The van der Waals surface area contributed by atoms with Crippen molar-refractivity contribution in [3.63, 3.8) is 0 Å². The molecule has 0 spiro atoms. The molecule has 1 heterocycles. The first kappa shape index (κ1) is 8.48. The van der Waals surface area contributed by atoms with Gasteiger partial charge in [-0.2, -0.15) is 5.10 Å². The third-order valence-corrected chi connectivity index (χ3v) is 3.63. The van der Waals surface area contributed by atoms with Crippen LogP contribution >= 0.6 is 0 Å². The van der Waals surface area contributed by atoms with Gasteiger partial charge in [0.2, 0.25) is 0 Å². The molecular formula is C11H17N3. The van der Waals surface area contributed by atoms with Crippen molar-refractivity contribution in [1.29, 1.82) is 0 Å². The van der Waals surface area contributed by atoms with Gasteiger partial charge in [-0.1, -0.05) is 0 Å². The molecule has 1 aromatic heterocycles. The van der Waals surface area contributed by atoms with E-state index in [4.69, 9.17) is 5.73 Å². The highest BCUT2D eigenvalue weighted by molar-refractivity contribution is 5.25. The zero-order valence-electron chi connectivity index (χ0n) is 8.45. The minimum Gasteiger partial charge on any atom is -0.330 e. The minimum atomic E-state index is 0.297. The van der Waals surface area contributed by atoms with Gasteiger partial charge in [0.15, 0.2) is 0 Å². The van der Waals surface area contributed by atoms with Gasteiger partial charge in [0.1, 0.15) is 0 Å². The lowest BCUT2D eigenvalue weighted by molar-refractivity contribution is 0.505. The highest BCUT2D eigenvalue weighted by Crippen LogP contribution is 2.47. The Morgan fingerprint density at radius 2 is 2.29 bits per heavy atom. The first-order valence-electron chi connectivity index (χ1n) is 5.56. The fourth-order valence-electron chi connectivity index (χ4n) is 2.19. The molecule has 76 valence electrons. The fraction of sp³-hybridized carbons (Fsp3) is 0.727. The molecule has 0 aromatic carbocycles. The highest BCUT2D eigenvalue weighted by atomic mass is 15.3. The average Bonchev–Trinajstić information content (AvgIpc) is 3.09. The zero-order chi connectivity index (χ0) is 9.60. The second-order valence-corrected chi connectivity index (χ2v) is 4.83. The Bertz CT molecular complexity index is 334. The molecule has 1 aromatic rings. The third kappa shape index (κ3) is 1.27. The van der Waals surface area contributed by atoms with Crippen LogP contribution in [-0.4, -0.2) is 16.3 Å². The first-order chi connectivity index (χ1) is 6.84. The summed E-state index contributed by atoms with van der Waals surface area (Å²) in [5.41, 5.74) is 7.51. The van der Waals surface area contributed by atoms with Gasteiger partial charge in [0, 0.05) is 30.4 Å². The molecule has 0 bridgehead atoms. The van der Waals surface area contributed by atoms with E-state index in [0.717, 1.165) is 19.0 Å². The lowest BCUT2D eigenvalue weighted by Gasteiger charge is -2.14. The maximum atomic E-state index is 5.83. The summed E-state index contributed by atoms with van der Waals surface area (Å²) in [5, 5.41) is 4.41. The van der Waals surface area contributed by atoms with Gasteiger partial charge in [0.25, 0.3) is 0 Å². The van der Waals surface area contributed by atoms with Crippen molar-refractivity contribution in [3.8, 4) is 0 Å². The predicted octanol–water partition coefficient (Wildman–Crippen LogP) is 1.28. The van der Waals surface area contributed by atoms with Crippen LogP contribution in [0.3, 0.4) is 0 Å². The summed E-state index contributed by atoms with van der Waals surface area (Å²) in [5.74, 6) is 0.891. The van der Waals surface area contributed by atoms with Crippen molar-refractivity contribution < 1.29 is 0 Å². The van der Waals surface area contributed by atoms with Crippen LogP contribution in [-0.2, 0) is 12.0 Å². The lowest BCUT2D eigenvalue weighted by atomic mass is 10.0. The summed E-state index contributed by atoms with van der Waals surface area (Å²) in [6.45, 7) is 1.90. The molecule has 3 rings (SSSR count). The molecule has 2 fully saturated rings. The van der Waals surface area contributed by atoms with Gasteiger partial charge in [-0.3, -0.25) is 4.68 Å². The Kier molecular flexibility index (Phi) is 1.71. The molecular weight excluding hydrogens is 174 g/mol. The normalized spacial score (nSPS) is 23.8. The van der Waals surface area contributed by atoms with Crippen molar-refractivity contribution in [1.82, 2.24) is 9.78 Å². The maximum Gasteiger partial charge on any atom is 0.0492 e. The molecule has 0 radical (unpaired) electrons. The smallest absolute Gasteiger partial charge is 0.0492 e. The summed E-state index contributed by atoms with van der Waals surface area (Å²) in [4.78, 5) is 0. The number of aromatic nitrogens is 2. The molecule has 3 heteroatoms. The molecule has 2 aliphatic carbocycles. The summed E-state index contributed by atoms with van der Waals surface area (Å²) >= 11 is 0. The Hall–Kier alpha value is -0.830. The van der Waals surface area contributed by atoms with E-state index in [1.54, 1.807) is 0 Å². The Labute approximate surface area is 84.3 Å². The molecule has 3 nitrogen and oxygen atoms in total. The Morgan fingerprint density at radius 3 is 2.86 bits per heavy atom. The summed E-state index contributed by atoms with van der Waals surface area (Å²) in [6, 6.07) is 2.15. The van der Waals surface area contributed by atoms with Crippen LogP contribution in [0, 0.1) is 5.92 Å². The Morgan fingerprint density at radius 1 is 1.50 bits per heavy atom. The molecule has 0 amide bonds. The van der Waals surface area contributed by atoms with Crippen LogP contribution in [0.15, 0.2) is 12.3 Å². The summed E-state index contributed by atoms with van der Waals surface area (Å²) in [7, 11) is 0. The largest absolute Gasteiger partial charge is 0.330 e. The minimum absolute atomic E-state index is 0.297. The lowest BCUT2D eigenvalue weighted by Crippen LogP contribution is -2.24. The van der Waals surface area contributed by atoms with E-state index >= 15 is 0 Å². The highest BCUT2D eigenvalue weighted by Gasteiger charge is 2.45. The molecule has 0 saturated heterocycles. The number of hydrogen-bond donors (Lipinski definition) is 1. The Balaban J connectivity index is 1.85. The molecule has 14 heavy (non-hydrogen) atoms. The molecule has 0 aliphatic heterocycles. The van der Waals surface area contributed by atoms with E-state index in [0.29, 0.717) is 5.41 Å². The molecule has 2 aliphatic rings.